The number of amides is 1. The number of hydrogen-bond donors (Lipinski definition) is 2. The molecule has 0 spiro atoms. The van der Waals surface area contributed by atoms with E-state index < -0.39 is 23.7 Å². The van der Waals surface area contributed by atoms with Crippen LogP contribution in [0.2, 0.25) is 0 Å². The number of carbonyl (C=O) groups is 2. The third kappa shape index (κ3) is 5.19. The van der Waals surface area contributed by atoms with Crippen LogP contribution in [0.3, 0.4) is 0 Å². The van der Waals surface area contributed by atoms with Crippen molar-refractivity contribution < 1.29 is 32.3 Å². The fourth-order valence-corrected chi connectivity index (χ4v) is 5.97. The van der Waals surface area contributed by atoms with Crippen molar-refractivity contribution in [2.24, 2.45) is 11.8 Å². The summed E-state index contributed by atoms with van der Waals surface area (Å²) < 4.78 is 49.0. The van der Waals surface area contributed by atoms with E-state index in [4.69, 9.17) is 10.8 Å². The number of carboxylic acid groups (broad SMARTS) is 1. The number of halogens is 4. The molecule has 1 aromatic carbocycles. The summed E-state index contributed by atoms with van der Waals surface area (Å²) in [5, 5.41) is 11.5. The Kier molecular flexibility index (Phi) is 6.09. The van der Waals surface area contributed by atoms with Crippen molar-refractivity contribution in [1.29, 1.82) is 0 Å². The monoisotopic (exact) mass is 479 g/mol. The minimum atomic E-state index is -4.72. The van der Waals surface area contributed by atoms with E-state index in [1.807, 2.05) is 0 Å². The third-order valence-electron chi connectivity index (χ3n) is 6.65. The molecule has 34 heavy (non-hydrogen) atoms. The lowest BCUT2D eigenvalue weighted by Gasteiger charge is -2.65. The van der Waals surface area contributed by atoms with Crippen LogP contribution < -0.4 is 5.32 Å². The zero-order valence-corrected chi connectivity index (χ0v) is 18.0. The van der Waals surface area contributed by atoms with Gasteiger partial charge in [0.2, 0.25) is 5.82 Å². The standard InChI is InChI=1S/C17H20FN2O.C6H3F3N2O2/c18-14-3-1-2-13(5-14)15(21)20-17-8-11-4-12(9-17)7-16(19,6-11)10-17;7-6(8,9)5-10-2-1-3(11-5)4(12)13/h1-3,5,11-12,19H,4,6-10H2,(H,20,21);1-2H,(H,12,13)/q-1;. The van der Waals surface area contributed by atoms with Gasteiger partial charge in [-0.2, -0.15) is 13.2 Å². The molecular weight excluding hydrogens is 456 g/mol. The number of carboxylic acids is 1. The molecule has 4 fully saturated rings. The van der Waals surface area contributed by atoms with Crippen LogP contribution in [0, 0.1) is 17.7 Å². The number of nitrogens with one attached hydrogen (secondary N) is 2. The molecule has 0 aliphatic heterocycles. The molecule has 2 unspecified atom stereocenters. The quantitative estimate of drug-likeness (QED) is 0.608. The molecule has 3 N–H and O–H groups in total. The summed E-state index contributed by atoms with van der Waals surface area (Å²) in [6, 6.07) is 6.73. The fraction of sp³-hybridized carbons (Fsp3) is 0.478. The Morgan fingerprint density at radius 3 is 2.35 bits per heavy atom. The molecule has 4 bridgehead atoms. The van der Waals surface area contributed by atoms with Gasteiger partial charge in [0.25, 0.3) is 5.91 Å². The first kappa shape index (κ1) is 24.1. The largest absolute Gasteiger partial charge is 0.672 e. The smallest absolute Gasteiger partial charge is 0.451 e. The maximum Gasteiger partial charge on any atom is 0.451 e. The Hall–Kier alpha value is -3.08. The van der Waals surface area contributed by atoms with Crippen molar-refractivity contribution in [1.82, 2.24) is 15.3 Å². The van der Waals surface area contributed by atoms with Crippen molar-refractivity contribution in [2.45, 2.75) is 55.8 Å². The van der Waals surface area contributed by atoms with Crippen molar-refractivity contribution in [3.63, 3.8) is 0 Å². The van der Waals surface area contributed by atoms with Gasteiger partial charge in [-0.3, -0.25) is 4.79 Å². The number of aromatic nitrogens is 2. The van der Waals surface area contributed by atoms with E-state index in [9.17, 15) is 27.2 Å². The molecule has 4 aliphatic rings. The molecule has 11 heteroatoms. The second-order valence-corrected chi connectivity index (χ2v) is 9.55. The van der Waals surface area contributed by atoms with Crippen LogP contribution in [-0.4, -0.2) is 38.0 Å². The summed E-state index contributed by atoms with van der Waals surface area (Å²) in [5.74, 6) is -2.39. The van der Waals surface area contributed by atoms with Gasteiger partial charge < -0.3 is 16.2 Å². The van der Waals surface area contributed by atoms with Crippen LogP contribution in [0.1, 0.15) is 65.2 Å². The predicted octanol–water partition coefficient (Wildman–Crippen LogP) is 4.89. The number of carbonyl (C=O) groups excluding carboxylic acids is 1. The van der Waals surface area contributed by atoms with Gasteiger partial charge in [0.05, 0.1) is 0 Å². The van der Waals surface area contributed by atoms with Gasteiger partial charge in [-0.05, 0) is 61.8 Å². The lowest BCUT2D eigenvalue weighted by Crippen LogP contribution is -2.64. The van der Waals surface area contributed by atoms with Gasteiger partial charge in [-0.25, -0.2) is 19.2 Å². The normalized spacial score (nSPS) is 29.2. The van der Waals surface area contributed by atoms with Crippen LogP contribution in [-0.2, 0) is 6.18 Å². The van der Waals surface area contributed by atoms with Crippen molar-refractivity contribution in [3.8, 4) is 0 Å². The van der Waals surface area contributed by atoms with Crippen LogP contribution in [0.15, 0.2) is 36.5 Å². The topological polar surface area (TPSA) is 116 Å². The van der Waals surface area contributed by atoms with E-state index in [2.05, 4.69) is 15.3 Å². The lowest BCUT2D eigenvalue weighted by atomic mass is 9.50. The maximum absolute atomic E-state index is 13.3. The first-order valence-corrected chi connectivity index (χ1v) is 10.8. The molecule has 2 atom stereocenters. The van der Waals surface area contributed by atoms with E-state index in [1.54, 1.807) is 12.1 Å². The average molecular weight is 479 g/mol. The Balaban J connectivity index is 0.000000182. The van der Waals surface area contributed by atoms with E-state index in [0.717, 1.165) is 44.4 Å². The number of hydrogen-bond acceptors (Lipinski definition) is 4. The number of benzene rings is 1. The summed E-state index contributed by atoms with van der Waals surface area (Å²) >= 11 is 0. The Bertz CT molecular complexity index is 1090. The van der Waals surface area contributed by atoms with Crippen molar-refractivity contribution in [2.75, 3.05) is 0 Å². The molecule has 0 radical (unpaired) electrons. The molecule has 6 rings (SSSR count). The van der Waals surface area contributed by atoms with Crippen LogP contribution in [0.5, 0.6) is 0 Å². The Morgan fingerprint density at radius 2 is 1.79 bits per heavy atom. The van der Waals surface area contributed by atoms with Crippen LogP contribution in [0.25, 0.3) is 5.73 Å². The molecule has 1 amide bonds. The van der Waals surface area contributed by atoms with E-state index in [1.165, 1.54) is 18.6 Å². The number of nitrogens with zero attached hydrogens (tertiary/aromatic N) is 2. The molecule has 4 saturated carbocycles. The second-order valence-electron chi connectivity index (χ2n) is 9.55. The summed E-state index contributed by atoms with van der Waals surface area (Å²) in [6.07, 6.45) is 1.97. The minimum absolute atomic E-state index is 0.194. The van der Waals surface area contributed by atoms with Gasteiger partial charge in [-0.1, -0.05) is 18.9 Å². The zero-order valence-electron chi connectivity index (χ0n) is 18.0. The molecule has 4 aliphatic carbocycles. The summed E-state index contributed by atoms with van der Waals surface area (Å²) in [5.41, 5.74) is 7.73. The number of rotatable bonds is 3. The van der Waals surface area contributed by atoms with E-state index in [-0.39, 0.29) is 22.8 Å². The van der Waals surface area contributed by atoms with Gasteiger partial charge >= 0.3 is 12.1 Å². The minimum Gasteiger partial charge on any atom is -0.672 e. The first-order chi connectivity index (χ1) is 15.9. The average Bonchev–Trinajstić information content (AvgIpc) is 2.71. The highest BCUT2D eigenvalue weighted by molar-refractivity contribution is 5.94. The number of aromatic carboxylic acids is 1. The van der Waals surface area contributed by atoms with Crippen molar-refractivity contribution >= 4 is 11.9 Å². The van der Waals surface area contributed by atoms with Crippen LogP contribution >= 0.6 is 0 Å². The highest BCUT2D eigenvalue weighted by Gasteiger charge is 2.53. The summed E-state index contributed by atoms with van der Waals surface area (Å²) in [4.78, 5) is 28.4. The third-order valence-corrected chi connectivity index (χ3v) is 6.65. The van der Waals surface area contributed by atoms with Crippen molar-refractivity contribution in [3.05, 3.63) is 65.2 Å². The first-order valence-electron chi connectivity index (χ1n) is 10.8. The Labute approximate surface area is 192 Å². The summed E-state index contributed by atoms with van der Waals surface area (Å²) in [7, 11) is 0. The molecule has 2 aromatic rings. The predicted molar refractivity (Wildman–Crippen MR) is 112 cm³/mol. The maximum atomic E-state index is 13.3. The Morgan fingerprint density at radius 1 is 1.12 bits per heavy atom. The highest BCUT2D eigenvalue weighted by Crippen LogP contribution is 2.58. The number of alkyl halides is 3. The van der Waals surface area contributed by atoms with Gasteiger partial charge in [0, 0.05) is 17.3 Å². The van der Waals surface area contributed by atoms with E-state index in [0.29, 0.717) is 17.4 Å². The molecule has 1 heterocycles. The molecule has 1 aromatic heterocycles. The van der Waals surface area contributed by atoms with Crippen LogP contribution in [0.4, 0.5) is 17.6 Å². The van der Waals surface area contributed by atoms with Gasteiger partial charge in [0.15, 0.2) is 5.69 Å². The molecular formula is C23H23F4N4O3-. The highest BCUT2D eigenvalue weighted by atomic mass is 19.4. The van der Waals surface area contributed by atoms with Gasteiger partial charge in [-0.15, -0.1) is 5.54 Å². The SMILES string of the molecule is O=C(O)c1ccnc(C(F)(F)F)n1.[NH-]C12CC3CC(C1)CC(NC(=O)c1cccc(F)c1)(C3)C2. The second kappa shape index (κ2) is 8.61. The fourth-order valence-electron chi connectivity index (χ4n) is 5.97. The zero-order chi connectivity index (χ0) is 24.7. The molecule has 7 nitrogen and oxygen atoms in total. The summed E-state index contributed by atoms with van der Waals surface area (Å²) in [6.45, 7) is 0. The molecule has 0 saturated heterocycles. The van der Waals surface area contributed by atoms with E-state index >= 15 is 0 Å². The van der Waals surface area contributed by atoms with Gasteiger partial charge in [0.1, 0.15) is 5.82 Å². The lowest BCUT2D eigenvalue weighted by molar-refractivity contribution is -0.145. The molecule has 182 valence electrons.